The van der Waals surface area contributed by atoms with Crippen LogP contribution in [-0.4, -0.2) is 42.5 Å². The molecule has 0 radical (unpaired) electrons. The summed E-state index contributed by atoms with van der Waals surface area (Å²) >= 11 is 0. The van der Waals surface area contributed by atoms with E-state index in [1.165, 1.54) is 17.7 Å². The predicted molar refractivity (Wildman–Crippen MR) is 138 cm³/mol. The molecular formula is C29H30N2O6. The van der Waals surface area contributed by atoms with Crippen LogP contribution in [0.4, 0.5) is 0 Å². The fraction of sp³-hybridized carbons (Fsp3) is 0.310. The highest BCUT2D eigenvalue weighted by atomic mass is 16.5. The van der Waals surface area contributed by atoms with Gasteiger partial charge in [0.05, 0.1) is 14.2 Å². The van der Waals surface area contributed by atoms with Crippen LogP contribution < -0.4 is 15.6 Å². The standard InChI is InChI=1S/C29H30N2O6/c1-29(2)16-24-21(25(32)17-29)15-22(27(34)31(24)19-10-12-20(36-3)13-11-19)26(33)30-23(28(35)37-4)14-18-8-6-5-7-9-18/h5-13,15,23H,14,16-17H2,1-4H3,(H,30,33). The summed E-state index contributed by atoms with van der Waals surface area (Å²) in [6, 6.07) is 16.4. The molecule has 1 N–H and O–H groups in total. The maximum absolute atomic E-state index is 13.8. The van der Waals surface area contributed by atoms with E-state index in [1.54, 1.807) is 31.4 Å². The summed E-state index contributed by atoms with van der Waals surface area (Å²) in [5.41, 5.74) is 1.08. The van der Waals surface area contributed by atoms with Crippen molar-refractivity contribution in [1.29, 1.82) is 0 Å². The van der Waals surface area contributed by atoms with E-state index >= 15 is 0 Å². The summed E-state index contributed by atoms with van der Waals surface area (Å²) in [6.07, 6.45) is 0.959. The summed E-state index contributed by atoms with van der Waals surface area (Å²) in [6.45, 7) is 3.95. The summed E-state index contributed by atoms with van der Waals surface area (Å²) in [4.78, 5) is 52.8. The zero-order valence-corrected chi connectivity index (χ0v) is 21.4. The second kappa shape index (κ2) is 10.4. The molecule has 0 spiro atoms. The quantitative estimate of drug-likeness (QED) is 0.496. The van der Waals surface area contributed by atoms with Crippen molar-refractivity contribution in [3.8, 4) is 11.4 Å². The Labute approximate surface area is 215 Å². The number of ketones is 1. The van der Waals surface area contributed by atoms with Crippen LogP contribution in [0.5, 0.6) is 5.75 Å². The van der Waals surface area contributed by atoms with Crippen LogP contribution in [0.25, 0.3) is 5.69 Å². The molecule has 0 saturated heterocycles. The van der Waals surface area contributed by atoms with Gasteiger partial charge in [0.15, 0.2) is 5.78 Å². The molecule has 1 aliphatic rings. The average molecular weight is 503 g/mol. The van der Waals surface area contributed by atoms with Gasteiger partial charge in [-0.2, -0.15) is 0 Å². The molecule has 192 valence electrons. The molecule has 3 aromatic rings. The molecule has 4 rings (SSSR count). The van der Waals surface area contributed by atoms with E-state index in [0.717, 1.165) is 5.56 Å². The van der Waals surface area contributed by atoms with E-state index in [1.807, 2.05) is 44.2 Å². The van der Waals surface area contributed by atoms with Crippen molar-refractivity contribution in [1.82, 2.24) is 9.88 Å². The molecule has 0 bridgehead atoms. The lowest BCUT2D eigenvalue weighted by Crippen LogP contribution is -2.46. The molecule has 0 saturated carbocycles. The summed E-state index contributed by atoms with van der Waals surface area (Å²) in [5, 5.41) is 2.65. The van der Waals surface area contributed by atoms with Crippen molar-refractivity contribution in [2.75, 3.05) is 14.2 Å². The number of hydrogen-bond acceptors (Lipinski definition) is 6. The highest BCUT2D eigenvalue weighted by Crippen LogP contribution is 2.35. The zero-order valence-electron chi connectivity index (χ0n) is 21.4. The van der Waals surface area contributed by atoms with Crippen LogP contribution in [0, 0.1) is 5.41 Å². The van der Waals surface area contributed by atoms with Gasteiger partial charge in [-0.05, 0) is 47.7 Å². The Morgan fingerprint density at radius 3 is 2.30 bits per heavy atom. The highest BCUT2D eigenvalue weighted by Gasteiger charge is 2.35. The van der Waals surface area contributed by atoms with Gasteiger partial charge in [0.2, 0.25) is 0 Å². The zero-order chi connectivity index (χ0) is 26.7. The van der Waals surface area contributed by atoms with Gasteiger partial charge in [0, 0.05) is 29.8 Å². The maximum atomic E-state index is 13.8. The lowest BCUT2D eigenvalue weighted by molar-refractivity contribution is -0.142. The monoisotopic (exact) mass is 502 g/mol. The Bertz CT molecular complexity index is 1390. The third-order valence-corrected chi connectivity index (χ3v) is 6.54. The van der Waals surface area contributed by atoms with E-state index in [4.69, 9.17) is 9.47 Å². The van der Waals surface area contributed by atoms with Gasteiger partial charge in [0.25, 0.3) is 11.5 Å². The third kappa shape index (κ3) is 5.48. The number of Topliss-reactive ketones (excluding diaryl/α,β-unsaturated/α-hetero) is 1. The van der Waals surface area contributed by atoms with Crippen LogP contribution in [0.15, 0.2) is 65.5 Å². The molecule has 37 heavy (non-hydrogen) atoms. The minimum absolute atomic E-state index is 0.142. The van der Waals surface area contributed by atoms with Crippen LogP contribution in [0.1, 0.15) is 52.2 Å². The number of methoxy groups -OCH3 is 2. The number of rotatable bonds is 7. The number of amides is 1. The number of ether oxygens (including phenoxy) is 2. The first-order valence-corrected chi connectivity index (χ1v) is 12.0. The largest absolute Gasteiger partial charge is 0.497 e. The number of carbonyl (C=O) groups is 3. The smallest absolute Gasteiger partial charge is 0.328 e. The summed E-state index contributed by atoms with van der Waals surface area (Å²) in [7, 11) is 2.78. The van der Waals surface area contributed by atoms with E-state index in [0.29, 0.717) is 35.5 Å². The summed E-state index contributed by atoms with van der Waals surface area (Å²) < 4.78 is 11.6. The number of nitrogens with zero attached hydrogens (tertiary/aromatic N) is 1. The van der Waals surface area contributed by atoms with Crippen LogP contribution >= 0.6 is 0 Å². The Morgan fingerprint density at radius 1 is 1.00 bits per heavy atom. The lowest BCUT2D eigenvalue weighted by atomic mass is 9.75. The van der Waals surface area contributed by atoms with Gasteiger partial charge in [-0.15, -0.1) is 0 Å². The van der Waals surface area contributed by atoms with Crippen molar-refractivity contribution in [2.45, 2.75) is 39.2 Å². The van der Waals surface area contributed by atoms with Crippen LogP contribution in [-0.2, 0) is 22.4 Å². The Hall–Kier alpha value is -4.20. The molecule has 2 aromatic carbocycles. The number of aromatic nitrogens is 1. The fourth-order valence-corrected chi connectivity index (χ4v) is 4.70. The van der Waals surface area contributed by atoms with Gasteiger partial charge in [0.1, 0.15) is 17.4 Å². The molecule has 1 heterocycles. The second-order valence-corrected chi connectivity index (χ2v) is 9.94. The number of pyridine rings is 1. The number of fused-ring (bicyclic) bond motifs is 1. The topological polar surface area (TPSA) is 104 Å². The van der Waals surface area contributed by atoms with Gasteiger partial charge in [-0.25, -0.2) is 4.79 Å². The predicted octanol–water partition coefficient (Wildman–Crippen LogP) is 3.52. The number of hydrogen-bond donors (Lipinski definition) is 1. The molecule has 1 aliphatic carbocycles. The second-order valence-electron chi connectivity index (χ2n) is 9.94. The summed E-state index contributed by atoms with van der Waals surface area (Å²) in [5.74, 6) is -0.920. The normalized spacial score (nSPS) is 14.9. The molecule has 1 amide bonds. The minimum atomic E-state index is -1.01. The molecule has 1 atom stereocenters. The number of benzene rings is 2. The van der Waals surface area contributed by atoms with Crippen molar-refractivity contribution in [3.05, 3.63) is 93.4 Å². The van der Waals surface area contributed by atoms with E-state index < -0.39 is 23.5 Å². The molecule has 8 nitrogen and oxygen atoms in total. The number of nitrogens with one attached hydrogen (secondary N) is 1. The molecule has 0 aliphatic heterocycles. The Balaban J connectivity index is 1.80. The maximum Gasteiger partial charge on any atom is 0.328 e. The van der Waals surface area contributed by atoms with Crippen molar-refractivity contribution in [3.63, 3.8) is 0 Å². The molecular weight excluding hydrogens is 472 g/mol. The Morgan fingerprint density at radius 2 is 1.68 bits per heavy atom. The van der Waals surface area contributed by atoms with Crippen LogP contribution in [0.2, 0.25) is 0 Å². The molecule has 1 aromatic heterocycles. The first kappa shape index (κ1) is 25.9. The van der Waals surface area contributed by atoms with Crippen LogP contribution in [0.3, 0.4) is 0 Å². The van der Waals surface area contributed by atoms with E-state index in [-0.39, 0.29) is 23.2 Å². The fourth-order valence-electron chi connectivity index (χ4n) is 4.70. The number of esters is 1. The average Bonchev–Trinajstić information content (AvgIpc) is 2.87. The van der Waals surface area contributed by atoms with Gasteiger partial charge in [-0.1, -0.05) is 44.2 Å². The SMILES string of the molecule is COC(=O)C(Cc1ccccc1)NC(=O)c1cc2c(n(-c3ccc(OC)cc3)c1=O)CC(C)(C)CC2=O. The molecule has 8 heteroatoms. The van der Waals surface area contributed by atoms with Gasteiger partial charge < -0.3 is 14.8 Å². The van der Waals surface area contributed by atoms with Crippen molar-refractivity contribution < 1.29 is 23.9 Å². The molecule has 1 unspecified atom stereocenters. The van der Waals surface area contributed by atoms with E-state index in [2.05, 4.69) is 5.32 Å². The van der Waals surface area contributed by atoms with Gasteiger partial charge in [-0.3, -0.25) is 19.0 Å². The van der Waals surface area contributed by atoms with Gasteiger partial charge >= 0.3 is 5.97 Å². The Kier molecular flexibility index (Phi) is 7.29. The third-order valence-electron chi connectivity index (χ3n) is 6.54. The molecule has 0 fully saturated rings. The number of carbonyl (C=O) groups excluding carboxylic acids is 3. The first-order valence-electron chi connectivity index (χ1n) is 12.0. The minimum Gasteiger partial charge on any atom is -0.497 e. The van der Waals surface area contributed by atoms with Crippen molar-refractivity contribution in [2.24, 2.45) is 5.41 Å². The highest BCUT2D eigenvalue weighted by molar-refractivity contribution is 6.03. The van der Waals surface area contributed by atoms with E-state index in [9.17, 15) is 19.2 Å². The first-order chi connectivity index (χ1) is 17.6. The van der Waals surface area contributed by atoms with Crippen molar-refractivity contribution >= 4 is 17.7 Å². The lowest BCUT2D eigenvalue weighted by Gasteiger charge is -2.32.